The fourth-order valence-corrected chi connectivity index (χ4v) is 4.66. The van der Waals surface area contributed by atoms with Crippen LogP contribution in [0.3, 0.4) is 0 Å². The number of thioether (sulfide) groups is 1. The number of amides is 1. The zero-order chi connectivity index (χ0) is 24.0. The molecule has 1 amide bonds. The predicted octanol–water partition coefficient (Wildman–Crippen LogP) is 4.72. The molecule has 3 rings (SSSR count). The van der Waals surface area contributed by atoms with Crippen LogP contribution >= 0.6 is 34.4 Å². The number of methoxy groups -OCH3 is 1. The maximum absolute atomic E-state index is 12.8. The summed E-state index contributed by atoms with van der Waals surface area (Å²) in [5, 5.41) is 0.533. The zero-order valence-corrected chi connectivity index (χ0v) is 21.2. The van der Waals surface area contributed by atoms with Gasteiger partial charge >= 0.3 is 5.97 Å². The smallest absolute Gasteiger partial charge is 0.337 e. The van der Waals surface area contributed by atoms with Gasteiger partial charge in [0.1, 0.15) is 6.61 Å². The van der Waals surface area contributed by atoms with Gasteiger partial charge < -0.3 is 14.2 Å². The van der Waals surface area contributed by atoms with Crippen LogP contribution in [-0.2, 0) is 9.53 Å². The molecule has 0 bridgehead atoms. The van der Waals surface area contributed by atoms with Crippen LogP contribution in [0.1, 0.15) is 22.8 Å². The zero-order valence-electron chi connectivity index (χ0n) is 18.3. The second-order valence-electron chi connectivity index (χ2n) is 6.66. The Labute approximate surface area is 210 Å². The first-order valence-corrected chi connectivity index (χ1v) is 11.7. The summed E-state index contributed by atoms with van der Waals surface area (Å²) in [5.41, 5.74) is 1.85. The minimum atomic E-state index is -0.418. The van der Waals surface area contributed by atoms with Crippen molar-refractivity contribution in [2.75, 3.05) is 27.4 Å². The number of terminal acetylenes is 1. The molecule has 0 N–H and O–H groups in total. The Morgan fingerprint density at radius 1 is 1.27 bits per heavy atom. The number of hydrogen-bond acceptors (Lipinski definition) is 7. The van der Waals surface area contributed by atoms with Crippen molar-refractivity contribution in [1.82, 2.24) is 4.90 Å². The lowest BCUT2D eigenvalue weighted by atomic mass is 10.2. The number of carbonyl (C=O) groups excluding carboxylic acids is 2. The van der Waals surface area contributed by atoms with Crippen LogP contribution in [0.25, 0.3) is 6.08 Å². The van der Waals surface area contributed by atoms with E-state index in [9.17, 15) is 9.59 Å². The van der Waals surface area contributed by atoms with Gasteiger partial charge in [-0.15, -0.1) is 6.42 Å². The van der Waals surface area contributed by atoms with E-state index < -0.39 is 5.97 Å². The van der Waals surface area contributed by atoms with Crippen molar-refractivity contribution in [3.8, 4) is 23.8 Å². The van der Waals surface area contributed by atoms with Crippen LogP contribution in [0.2, 0.25) is 0 Å². The van der Waals surface area contributed by atoms with Gasteiger partial charge in [0, 0.05) is 7.05 Å². The molecule has 2 aromatic rings. The van der Waals surface area contributed by atoms with Crippen molar-refractivity contribution in [3.05, 3.63) is 56.0 Å². The summed E-state index contributed by atoms with van der Waals surface area (Å²) in [6.45, 7) is 2.48. The fourth-order valence-electron chi connectivity index (χ4n) is 2.89. The quantitative estimate of drug-likeness (QED) is 0.206. The molecule has 0 saturated carbocycles. The highest BCUT2D eigenvalue weighted by Gasteiger charge is 2.30. The number of rotatable bonds is 7. The van der Waals surface area contributed by atoms with E-state index >= 15 is 0 Å². The number of amidine groups is 1. The van der Waals surface area contributed by atoms with Crippen LogP contribution in [0.5, 0.6) is 11.5 Å². The molecule has 1 aliphatic heterocycles. The Bertz CT molecular complexity index is 1170. The first-order chi connectivity index (χ1) is 15.9. The molecule has 170 valence electrons. The number of likely N-dealkylation sites (N-methyl/N-ethyl adjacent to an activating group) is 1. The Balaban J connectivity index is 1.88. The standard InChI is InChI=1S/C24H21IN2O5S/c1-5-11-32-21-18(25)12-15(13-19(21)31-6-2)14-20-22(28)27(3)24(33-20)26-17-9-7-16(8-10-17)23(29)30-4/h1,7-10,12-14H,6,11H2,2-4H3. The molecule has 7 nitrogen and oxygen atoms in total. The van der Waals surface area contributed by atoms with Gasteiger partial charge in [0.15, 0.2) is 16.7 Å². The normalized spacial score (nSPS) is 15.6. The van der Waals surface area contributed by atoms with E-state index in [1.165, 1.54) is 23.8 Å². The highest BCUT2D eigenvalue weighted by atomic mass is 127. The summed E-state index contributed by atoms with van der Waals surface area (Å²) in [5.74, 6) is 3.02. The van der Waals surface area contributed by atoms with E-state index in [1.54, 1.807) is 37.4 Å². The minimum absolute atomic E-state index is 0.135. The first kappa shape index (κ1) is 24.7. The SMILES string of the molecule is C#CCOc1c(I)cc(C=C2SC(=Nc3ccc(C(=O)OC)cc3)N(C)C2=O)cc1OCC. The van der Waals surface area contributed by atoms with Crippen molar-refractivity contribution in [2.24, 2.45) is 4.99 Å². The molecule has 2 aromatic carbocycles. The van der Waals surface area contributed by atoms with Crippen LogP contribution in [0.4, 0.5) is 5.69 Å². The van der Waals surface area contributed by atoms with E-state index in [-0.39, 0.29) is 12.5 Å². The molecule has 0 aromatic heterocycles. The number of nitrogens with zero attached hydrogens (tertiary/aromatic N) is 2. The summed E-state index contributed by atoms with van der Waals surface area (Å²) in [6, 6.07) is 10.4. The summed E-state index contributed by atoms with van der Waals surface area (Å²) >= 11 is 3.42. The highest BCUT2D eigenvalue weighted by molar-refractivity contribution is 14.1. The van der Waals surface area contributed by atoms with Crippen molar-refractivity contribution in [3.63, 3.8) is 0 Å². The van der Waals surface area contributed by atoms with Gasteiger partial charge in [0.2, 0.25) is 0 Å². The molecule has 0 spiro atoms. The van der Waals surface area contributed by atoms with Crippen LogP contribution < -0.4 is 9.47 Å². The molecule has 1 heterocycles. The topological polar surface area (TPSA) is 77.4 Å². The Morgan fingerprint density at radius 3 is 2.64 bits per heavy atom. The van der Waals surface area contributed by atoms with Gasteiger partial charge in [-0.25, -0.2) is 9.79 Å². The highest BCUT2D eigenvalue weighted by Crippen LogP contribution is 2.37. The van der Waals surface area contributed by atoms with Crippen molar-refractivity contribution in [2.45, 2.75) is 6.92 Å². The third-order valence-electron chi connectivity index (χ3n) is 4.45. The molecular formula is C24H21IN2O5S. The second-order valence-corrected chi connectivity index (χ2v) is 8.83. The number of aliphatic imine (C=N–C) groups is 1. The molecule has 9 heteroatoms. The van der Waals surface area contributed by atoms with E-state index in [0.717, 1.165) is 9.13 Å². The molecule has 1 aliphatic rings. The summed E-state index contributed by atoms with van der Waals surface area (Å²) < 4.78 is 16.9. The third kappa shape index (κ3) is 5.89. The molecule has 0 radical (unpaired) electrons. The van der Waals surface area contributed by atoms with Crippen LogP contribution in [0.15, 0.2) is 46.3 Å². The average molecular weight is 576 g/mol. The molecule has 1 saturated heterocycles. The van der Waals surface area contributed by atoms with Crippen molar-refractivity contribution < 1.29 is 23.8 Å². The molecule has 0 atom stereocenters. The fraction of sp³-hybridized carbons (Fsp3) is 0.208. The van der Waals surface area contributed by atoms with E-state index in [4.69, 9.17) is 20.6 Å². The predicted molar refractivity (Wildman–Crippen MR) is 138 cm³/mol. The van der Waals surface area contributed by atoms with Gasteiger partial charge in [0.25, 0.3) is 5.91 Å². The van der Waals surface area contributed by atoms with Crippen LogP contribution in [0, 0.1) is 15.9 Å². The second kappa shape index (κ2) is 11.2. The summed E-state index contributed by atoms with van der Waals surface area (Å²) in [7, 11) is 3.00. The minimum Gasteiger partial charge on any atom is -0.490 e. The monoisotopic (exact) mass is 576 g/mol. The van der Waals surface area contributed by atoms with Crippen LogP contribution in [-0.4, -0.2) is 49.3 Å². The average Bonchev–Trinajstić information content (AvgIpc) is 3.06. The number of esters is 1. The number of hydrogen-bond donors (Lipinski definition) is 0. The van der Waals surface area contributed by atoms with Crippen molar-refractivity contribution in [1.29, 1.82) is 0 Å². The summed E-state index contributed by atoms with van der Waals surface area (Å²) in [4.78, 5) is 31.0. The molecular weight excluding hydrogens is 555 g/mol. The summed E-state index contributed by atoms with van der Waals surface area (Å²) in [6.07, 6.45) is 7.10. The number of benzene rings is 2. The maximum Gasteiger partial charge on any atom is 0.337 e. The van der Waals surface area contributed by atoms with Gasteiger partial charge in [-0.3, -0.25) is 9.69 Å². The molecule has 33 heavy (non-hydrogen) atoms. The van der Waals surface area contributed by atoms with Crippen molar-refractivity contribution >= 4 is 63.2 Å². The lowest BCUT2D eigenvalue weighted by Gasteiger charge is -2.13. The molecule has 0 unspecified atom stereocenters. The van der Waals surface area contributed by atoms with Gasteiger partial charge in [0.05, 0.1) is 33.4 Å². The van der Waals surface area contributed by atoms with Gasteiger partial charge in [-0.05, 0) is 89.3 Å². The Hall–Kier alpha value is -2.97. The van der Waals surface area contributed by atoms with E-state index in [0.29, 0.717) is 39.4 Å². The number of halogens is 1. The van der Waals surface area contributed by atoms with Gasteiger partial charge in [-0.2, -0.15) is 0 Å². The molecule has 1 fully saturated rings. The maximum atomic E-state index is 12.8. The first-order valence-electron chi connectivity index (χ1n) is 9.85. The number of carbonyl (C=O) groups is 2. The Morgan fingerprint density at radius 2 is 2.00 bits per heavy atom. The largest absolute Gasteiger partial charge is 0.490 e. The lowest BCUT2D eigenvalue weighted by Crippen LogP contribution is -2.23. The molecule has 0 aliphatic carbocycles. The van der Waals surface area contributed by atoms with Gasteiger partial charge in [-0.1, -0.05) is 5.92 Å². The third-order valence-corrected chi connectivity index (χ3v) is 6.31. The Kier molecular flexibility index (Phi) is 8.41. The van der Waals surface area contributed by atoms with E-state index in [1.807, 2.05) is 19.1 Å². The number of ether oxygens (including phenoxy) is 3. The van der Waals surface area contributed by atoms with E-state index in [2.05, 4.69) is 33.5 Å². The lowest BCUT2D eigenvalue weighted by molar-refractivity contribution is -0.121.